The maximum absolute atomic E-state index is 14.7. The van der Waals surface area contributed by atoms with Gasteiger partial charge in [-0.1, -0.05) is 29.8 Å². The van der Waals surface area contributed by atoms with E-state index in [0.29, 0.717) is 33.5 Å². The first kappa shape index (κ1) is 23.3. The van der Waals surface area contributed by atoms with E-state index in [0.717, 1.165) is 5.56 Å². The molecular formula is C23H21ClFN3O3S. The number of anilines is 2. The van der Waals surface area contributed by atoms with Crippen LogP contribution in [0, 0.1) is 12.7 Å². The molecule has 1 amide bonds. The summed E-state index contributed by atoms with van der Waals surface area (Å²) in [6.07, 6.45) is 0. The summed E-state index contributed by atoms with van der Waals surface area (Å²) in [4.78, 5) is 11.4. The van der Waals surface area contributed by atoms with Crippen molar-refractivity contribution in [1.82, 2.24) is 0 Å². The highest BCUT2D eigenvalue weighted by molar-refractivity contribution is 7.80. The van der Waals surface area contributed by atoms with E-state index < -0.39 is 11.7 Å². The van der Waals surface area contributed by atoms with Gasteiger partial charge in [-0.2, -0.15) is 0 Å². The second-order valence-electron chi connectivity index (χ2n) is 6.83. The van der Waals surface area contributed by atoms with E-state index in [4.69, 9.17) is 39.0 Å². The molecule has 0 unspecified atom stereocenters. The zero-order valence-corrected chi connectivity index (χ0v) is 19.2. The Kier molecular flexibility index (Phi) is 7.17. The first-order valence-corrected chi connectivity index (χ1v) is 10.2. The first-order valence-electron chi connectivity index (χ1n) is 9.44. The van der Waals surface area contributed by atoms with E-state index >= 15 is 0 Å². The van der Waals surface area contributed by atoms with Crippen molar-refractivity contribution < 1.29 is 18.7 Å². The number of hydrogen-bond acceptors (Lipinski definition) is 4. The van der Waals surface area contributed by atoms with Gasteiger partial charge in [0.1, 0.15) is 17.3 Å². The molecule has 0 heterocycles. The third kappa shape index (κ3) is 4.92. The van der Waals surface area contributed by atoms with Crippen molar-refractivity contribution in [3.05, 3.63) is 70.5 Å². The van der Waals surface area contributed by atoms with Gasteiger partial charge in [-0.15, -0.1) is 0 Å². The van der Waals surface area contributed by atoms with Gasteiger partial charge >= 0.3 is 0 Å². The molecule has 0 saturated carbocycles. The molecule has 0 aliphatic rings. The number of halogens is 2. The molecule has 0 spiro atoms. The zero-order valence-electron chi connectivity index (χ0n) is 17.6. The predicted octanol–water partition coefficient (Wildman–Crippen LogP) is 5.38. The maximum atomic E-state index is 14.7. The van der Waals surface area contributed by atoms with E-state index in [1.165, 1.54) is 13.2 Å². The molecule has 3 rings (SSSR count). The molecule has 0 aliphatic carbocycles. The second kappa shape index (κ2) is 9.84. The number of hydrogen-bond donors (Lipinski definition) is 3. The molecule has 3 aromatic carbocycles. The Labute approximate surface area is 195 Å². The van der Waals surface area contributed by atoms with Crippen LogP contribution in [0.3, 0.4) is 0 Å². The Morgan fingerprint density at radius 2 is 1.69 bits per heavy atom. The summed E-state index contributed by atoms with van der Waals surface area (Å²) >= 11 is 11.6. The highest BCUT2D eigenvalue weighted by Crippen LogP contribution is 2.34. The molecule has 0 atom stereocenters. The second-order valence-corrected chi connectivity index (χ2v) is 7.64. The van der Waals surface area contributed by atoms with Crippen LogP contribution in [0.4, 0.5) is 15.8 Å². The van der Waals surface area contributed by atoms with Gasteiger partial charge < -0.3 is 25.8 Å². The van der Waals surface area contributed by atoms with Gasteiger partial charge in [0.25, 0.3) is 5.91 Å². The van der Waals surface area contributed by atoms with Crippen molar-refractivity contribution in [1.29, 1.82) is 0 Å². The summed E-state index contributed by atoms with van der Waals surface area (Å²) in [5.74, 6) is -0.520. The fourth-order valence-corrected chi connectivity index (χ4v) is 3.49. The molecule has 0 bridgehead atoms. The van der Waals surface area contributed by atoms with Crippen molar-refractivity contribution in [2.45, 2.75) is 6.92 Å². The zero-order chi connectivity index (χ0) is 23.4. The number of thiocarbonyl (C=S) groups is 1. The normalized spacial score (nSPS) is 10.4. The Morgan fingerprint density at radius 3 is 2.34 bits per heavy atom. The van der Waals surface area contributed by atoms with E-state index in [9.17, 15) is 9.18 Å². The Balaban J connectivity index is 1.86. The number of nitrogens with two attached hydrogens (primary N) is 1. The van der Waals surface area contributed by atoms with Crippen molar-refractivity contribution in [2.75, 3.05) is 24.9 Å². The highest BCUT2D eigenvalue weighted by Gasteiger charge is 2.16. The fourth-order valence-electron chi connectivity index (χ4n) is 3.10. The van der Waals surface area contributed by atoms with Gasteiger partial charge in [-0.05, 0) is 60.6 Å². The monoisotopic (exact) mass is 473 g/mol. The number of carbonyl (C=O) groups is 1. The third-order valence-electron chi connectivity index (χ3n) is 4.75. The molecule has 3 aromatic rings. The average molecular weight is 474 g/mol. The predicted molar refractivity (Wildman–Crippen MR) is 129 cm³/mol. The smallest absolute Gasteiger partial charge is 0.251 e. The summed E-state index contributed by atoms with van der Waals surface area (Å²) in [5.41, 5.74) is 7.83. The Bertz CT molecular complexity index is 1200. The lowest BCUT2D eigenvalue weighted by Gasteiger charge is -2.17. The number of methoxy groups -OCH3 is 2. The summed E-state index contributed by atoms with van der Waals surface area (Å²) in [6.45, 7) is 1.87. The highest BCUT2D eigenvalue weighted by atomic mass is 35.5. The van der Waals surface area contributed by atoms with Gasteiger partial charge in [0.05, 0.1) is 31.2 Å². The van der Waals surface area contributed by atoms with Crippen molar-refractivity contribution in [3.63, 3.8) is 0 Å². The van der Waals surface area contributed by atoms with Gasteiger partial charge in [0.15, 0.2) is 5.11 Å². The van der Waals surface area contributed by atoms with E-state index in [-0.39, 0.29) is 16.2 Å². The molecular weight excluding hydrogens is 453 g/mol. The quantitative estimate of drug-likeness (QED) is 0.417. The maximum Gasteiger partial charge on any atom is 0.251 e. The fraction of sp³-hybridized carbons (Fsp3) is 0.130. The van der Waals surface area contributed by atoms with Crippen molar-refractivity contribution >= 4 is 46.2 Å². The van der Waals surface area contributed by atoms with Crippen LogP contribution >= 0.6 is 23.8 Å². The third-order valence-corrected chi connectivity index (χ3v) is 5.37. The molecule has 32 heavy (non-hydrogen) atoms. The number of rotatable bonds is 6. The van der Waals surface area contributed by atoms with Crippen molar-refractivity contribution in [3.8, 4) is 22.6 Å². The van der Waals surface area contributed by atoms with Crippen LogP contribution in [0.25, 0.3) is 11.1 Å². The molecule has 9 heteroatoms. The molecule has 0 radical (unpaired) electrons. The minimum absolute atomic E-state index is 0.181. The van der Waals surface area contributed by atoms with Crippen LogP contribution < -0.4 is 25.8 Å². The van der Waals surface area contributed by atoms with Gasteiger partial charge in [0.2, 0.25) is 0 Å². The average Bonchev–Trinajstić information content (AvgIpc) is 2.76. The van der Waals surface area contributed by atoms with Crippen LogP contribution in [0.1, 0.15) is 15.9 Å². The number of amides is 1. The molecule has 0 aromatic heterocycles. The summed E-state index contributed by atoms with van der Waals surface area (Å²) in [7, 11) is 3.04. The van der Waals surface area contributed by atoms with E-state index in [2.05, 4.69) is 10.6 Å². The van der Waals surface area contributed by atoms with Gasteiger partial charge in [-0.25, -0.2) is 4.39 Å². The first-order chi connectivity index (χ1) is 15.2. The number of ether oxygens (including phenoxy) is 2. The number of benzene rings is 3. The molecule has 0 saturated heterocycles. The lowest BCUT2D eigenvalue weighted by molar-refractivity contribution is 0.0996. The minimum atomic E-state index is -0.835. The number of carbonyl (C=O) groups excluding carboxylic acids is 1. The molecule has 4 N–H and O–H groups in total. The van der Waals surface area contributed by atoms with Crippen LogP contribution in [0.15, 0.2) is 48.5 Å². The summed E-state index contributed by atoms with van der Waals surface area (Å²) in [6, 6.07) is 13.0. The lowest BCUT2D eigenvalue weighted by atomic mass is 10.0. The van der Waals surface area contributed by atoms with Gasteiger partial charge in [0, 0.05) is 10.6 Å². The largest absolute Gasteiger partial charge is 0.495 e. The summed E-state index contributed by atoms with van der Waals surface area (Å²) in [5, 5.41) is 6.94. The number of primary amides is 1. The number of aryl methyl sites for hydroxylation is 1. The molecule has 0 aliphatic heterocycles. The minimum Gasteiger partial charge on any atom is -0.495 e. The Morgan fingerprint density at radius 1 is 1.03 bits per heavy atom. The van der Waals surface area contributed by atoms with Gasteiger partial charge in [-0.3, -0.25) is 4.79 Å². The molecule has 0 fully saturated rings. The SMILES string of the molecule is COc1cc(-c2cccc(C(N)=O)c2F)ccc1NC(=S)Nc1cc(Cl)c(C)cc1OC. The van der Waals surface area contributed by atoms with E-state index in [1.54, 1.807) is 49.6 Å². The molecule has 166 valence electrons. The number of nitrogens with one attached hydrogen (secondary N) is 2. The van der Waals surface area contributed by atoms with Crippen LogP contribution in [0.2, 0.25) is 5.02 Å². The van der Waals surface area contributed by atoms with E-state index in [1.807, 2.05) is 6.92 Å². The topological polar surface area (TPSA) is 85.6 Å². The Hall–Kier alpha value is -3.36. The van der Waals surface area contributed by atoms with Crippen LogP contribution in [-0.4, -0.2) is 25.2 Å². The van der Waals surface area contributed by atoms with Crippen LogP contribution in [0.5, 0.6) is 11.5 Å². The molecule has 6 nitrogen and oxygen atoms in total. The standard InChI is InChI=1S/C23H21ClFN3O3S/c1-12-9-19(30-2)18(11-16(12)24)28-23(32)27-17-8-7-13(10-20(17)31-3)14-5-4-6-15(21(14)25)22(26)29/h4-11H,1-3H3,(H2,26,29)(H2,27,28,32). The van der Waals surface area contributed by atoms with Crippen molar-refractivity contribution in [2.24, 2.45) is 5.73 Å². The summed E-state index contributed by atoms with van der Waals surface area (Å²) < 4.78 is 25.5. The lowest BCUT2D eigenvalue weighted by Crippen LogP contribution is -2.20. The van der Waals surface area contributed by atoms with Crippen LogP contribution in [-0.2, 0) is 0 Å².